The van der Waals surface area contributed by atoms with Crippen molar-refractivity contribution >= 4 is 23.3 Å². The summed E-state index contributed by atoms with van der Waals surface area (Å²) in [5.41, 5.74) is 3.42. The second kappa shape index (κ2) is 11.9. The molecule has 6 nitrogen and oxygen atoms in total. The number of nitrogens with zero attached hydrogens (tertiary/aromatic N) is 1. The maximum absolute atomic E-state index is 11.5. The van der Waals surface area contributed by atoms with Gasteiger partial charge in [-0.1, -0.05) is 36.4 Å². The summed E-state index contributed by atoms with van der Waals surface area (Å²) in [6.07, 6.45) is 13.0. The first-order chi connectivity index (χ1) is 15.9. The van der Waals surface area contributed by atoms with E-state index in [2.05, 4.69) is 39.9 Å². The molecule has 0 radical (unpaired) electrons. The highest BCUT2D eigenvalue weighted by Gasteiger charge is 2.29. The largest absolute Gasteiger partial charge is 0.465 e. The van der Waals surface area contributed by atoms with E-state index in [1.54, 1.807) is 18.2 Å². The SMILES string of the molecule is C=C(/C=C\C(=C/C)CN1C=CC2=CC(OCC(O)Nc3ccc(Cl)cc3)CCC21)C(=O)OC. The fraction of sp³-hybridized carbons (Fsp3) is 0.346. The Morgan fingerprint density at radius 1 is 1.33 bits per heavy atom. The van der Waals surface area contributed by atoms with Gasteiger partial charge in [-0.15, -0.1) is 0 Å². The lowest BCUT2D eigenvalue weighted by Gasteiger charge is -2.32. The Balaban J connectivity index is 1.49. The predicted octanol–water partition coefficient (Wildman–Crippen LogP) is 4.61. The van der Waals surface area contributed by atoms with Crippen LogP contribution in [0.4, 0.5) is 5.69 Å². The number of aliphatic hydroxyl groups is 1. The molecule has 1 aromatic carbocycles. The molecule has 0 spiro atoms. The summed E-state index contributed by atoms with van der Waals surface area (Å²) in [6, 6.07) is 7.47. The van der Waals surface area contributed by atoms with Crippen LogP contribution in [-0.2, 0) is 14.3 Å². The van der Waals surface area contributed by atoms with Gasteiger partial charge in [0.1, 0.15) is 6.23 Å². The van der Waals surface area contributed by atoms with Crippen molar-refractivity contribution < 1.29 is 19.4 Å². The van der Waals surface area contributed by atoms with E-state index >= 15 is 0 Å². The number of carbonyl (C=O) groups is 1. The Bertz CT molecular complexity index is 965. The first kappa shape index (κ1) is 24.8. The number of esters is 1. The molecule has 2 N–H and O–H groups in total. The van der Waals surface area contributed by atoms with Gasteiger partial charge in [0.25, 0.3) is 0 Å². The van der Waals surface area contributed by atoms with Crippen LogP contribution in [0.15, 0.2) is 84.1 Å². The van der Waals surface area contributed by atoms with E-state index in [-0.39, 0.29) is 12.7 Å². The number of hydrogen-bond acceptors (Lipinski definition) is 6. The summed E-state index contributed by atoms with van der Waals surface area (Å²) in [7, 11) is 1.34. The quantitative estimate of drug-likeness (QED) is 0.225. The van der Waals surface area contributed by atoms with Gasteiger partial charge in [0.05, 0.1) is 31.4 Å². The van der Waals surface area contributed by atoms with Crippen LogP contribution in [0.3, 0.4) is 0 Å². The number of methoxy groups -OCH3 is 1. The molecule has 0 fully saturated rings. The molecule has 2 aliphatic rings. The molecule has 0 saturated heterocycles. The number of rotatable bonds is 10. The van der Waals surface area contributed by atoms with Gasteiger partial charge in [0.15, 0.2) is 0 Å². The third-order valence-electron chi connectivity index (χ3n) is 5.67. The van der Waals surface area contributed by atoms with Crippen LogP contribution < -0.4 is 5.32 Å². The highest BCUT2D eigenvalue weighted by atomic mass is 35.5. The monoisotopic (exact) mass is 470 g/mol. The fourth-order valence-electron chi connectivity index (χ4n) is 3.85. The van der Waals surface area contributed by atoms with Gasteiger partial charge in [-0.25, -0.2) is 4.79 Å². The average Bonchev–Trinajstić information content (AvgIpc) is 3.22. The minimum absolute atomic E-state index is 0.0352. The Hall–Kier alpha value is -2.80. The molecule has 3 unspecified atom stereocenters. The van der Waals surface area contributed by atoms with Crippen LogP contribution >= 0.6 is 11.6 Å². The summed E-state index contributed by atoms with van der Waals surface area (Å²) in [4.78, 5) is 13.8. The van der Waals surface area contributed by atoms with Crippen LogP contribution in [-0.4, -0.2) is 54.6 Å². The number of halogens is 1. The summed E-state index contributed by atoms with van der Waals surface area (Å²) >= 11 is 5.89. The molecular formula is C26H31ClN2O4. The summed E-state index contributed by atoms with van der Waals surface area (Å²) < 4.78 is 10.6. The molecule has 0 bridgehead atoms. The first-order valence-electron chi connectivity index (χ1n) is 11.0. The zero-order valence-electron chi connectivity index (χ0n) is 19.0. The number of benzene rings is 1. The number of nitrogens with one attached hydrogen (secondary N) is 1. The van der Waals surface area contributed by atoms with Crippen LogP contribution in [0.25, 0.3) is 0 Å². The van der Waals surface area contributed by atoms with Gasteiger partial charge in [0.2, 0.25) is 0 Å². The molecule has 0 aromatic heterocycles. The van der Waals surface area contributed by atoms with E-state index in [1.165, 1.54) is 12.7 Å². The zero-order valence-corrected chi connectivity index (χ0v) is 19.8. The van der Waals surface area contributed by atoms with Gasteiger partial charge < -0.3 is 24.8 Å². The first-order valence-corrected chi connectivity index (χ1v) is 11.3. The molecule has 1 heterocycles. The van der Waals surface area contributed by atoms with E-state index in [9.17, 15) is 9.90 Å². The second-order valence-electron chi connectivity index (χ2n) is 8.00. The molecule has 0 saturated carbocycles. The molecule has 3 atom stereocenters. The van der Waals surface area contributed by atoms with Crippen LogP contribution in [0.1, 0.15) is 19.8 Å². The lowest BCUT2D eigenvalue weighted by atomic mass is 9.93. The third-order valence-corrected chi connectivity index (χ3v) is 5.93. The topological polar surface area (TPSA) is 71.0 Å². The lowest BCUT2D eigenvalue weighted by Crippen LogP contribution is -2.35. The number of fused-ring (bicyclic) bond motifs is 1. The molecule has 33 heavy (non-hydrogen) atoms. The van der Waals surface area contributed by atoms with E-state index in [0.717, 1.165) is 30.6 Å². The van der Waals surface area contributed by atoms with Crippen molar-refractivity contribution in [3.8, 4) is 0 Å². The van der Waals surface area contributed by atoms with Gasteiger partial charge >= 0.3 is 5.97 Å². The van der Waals surface area contributed by atoms with Crippen LogP contribution in [0.2, 0.25) is 5.02 Å². The number of hydrogen-bond donors (Lipinski definition) is 2. The van der Waals surface area contributed by atoms with Gasteiger partial charge in [0, 0.05) is 23.5 Å². The normalized spacial score (nSPS) is 21.0. The Morgan fingerprint density at radius 2 is 2.09 bits per heavy atom. The van der Waals surface area contributed by atoms with Crippen molar-refractivity contribution in [3.05, 3.63) is 89.2 Å². The standard InChI is InChI=1S/C26H31ClN2O4/c1-4-19(6-5-18(2)26(31)32-3)16-29-14-13-20-15-23(11-12-24(20)29)33-17-25(30)28-22-9-7-21(27)8-10-22/h4-10,13-15,23-25,28,30H,2,11-12,16-17H2,1,3H3/b6-5-,19-4+. The minimum atomic E-state index is -0.804. The molecule has 1 aromatic rings. The van der Waals surface area contributed by atoms with Crippen molar-refractivity contribution in [1.29, 1.82) is 0 Å². The molecule has 1 aliphatic carbocycles. The highest BCUT2D eigenvalue weighted by molar-refractivity contribution is 6.30. The third kappa shape index (κ3) is 7.09. The van der Waals surface area contributed by atoms with Crippen molar-refractivity contribution in [3.63, 3.8) is 0 Å². The summed E-state index contributed by atoms with van der Waals surface area (Å²) in [6.45, 7) is 6.62. The molecule has 176 valence electrons. The number of aliphatic hydroxyl groups excluding tert-OH is 1. The number of allylic oxidation sites excluding steroid dienone is 1. The van der Waals surface area contributed by atoms with Gasteiger partial charge in [-0.05, 0) is 67.3 Å². The number of carbonyl (C=O) groups excluding carboxylic acids is 1. The highest BCUT2D eigenvalue weighted by Crippen LogP contribution is 2.31. The van der Waals surface area contributed by atoms with Crippen molar-refractivity contribution in [2.24, 2.45) is 0 Å². The smallest absolute Gasteiger partial charge is 0.337 e. The van der Waals surface area contributed by atoms with Gasteiger partial charge in [-0.3, -0.25) is 0 Å². The van der Waals surface area contributed by atoms with E-state index in [4.69, 9.17) is 16.3 Å². The van der Waals surface area contributed by atoms with E-state index in [0.29, 0.717) is 16.6 Å². The molecular weight excluding hydrogens is 440 g/mol. The summed E-state index contributed by atoms with van der Waals surface area (Å²) in [5, 5.41) is 13.9. The minimum Gasteiger partial charge on any atom is -0.465 e. The molecule has 0 amide bonds. The van der Waals surface area contributed by atoms with Crippen LogP contribution in [0, 0.1) is 0 Å². The van der Waals surface area contributed by atoms with E-state index in [1.807, 2.05) is 31.2 Å². The Labute approximate surface area is 200 Å². The Morgan fingerprint density at radius 3 is 2.79 bits per heavy atom. The van der Waals surface area contributed by atoms with Crippen molar-refractivity contribution in [2.45, 2.75) is 38.1 Å². The molecule has 1 aliphatic heterocycles. The van der Waals surface area contributed by atoms with Gasteiger partial charge in [-0.2, -0.15) is 0 Å². The molecule has 7 heteroatoms. The zero-order chi connectivity index (χ0) is 23.8. The number of ether oxygens (including phenoxy) is 2. The second-order valence-corrected chi connectivity index (χ2v) is 8.44. The lowest BCUT2D eigenvalue weighted by molar-refractivity contribution is -0.135. The van der Waals surface area contributed by atoms with E-state index < -0.39 is 12.2 Å². The Kier molecular flexibility index (Phi) is 8.95. The fourth-order valence-corrected chi connectivity index (χ4v) is 3.98. The summed E-state index contributed by atoms with van der Waals surface area (Å²) in [5.74, 6) is -0.431. The average molecular weight is 471 g/mol. The van der Waals surface area contributed by atoms with Crippen molar-refractivity contribution in [2.75, 3.05) is 25.6 Å². The predicted molar refractivity (Wildman–Crippen MR) is 132 cm³/mol. The van der Waals surface area contributed by atoms with Crippen molar-refractivity contribution in [1.82, 2.24) is 4.90 Å². The number of anilines is 1. The maximum Gasteiger partial charge on any atom is 0.337 e. The van der Waals surface area contributed by atoms with Crippen LogP contribution in [0.5, 0.6) is 0 Å². The molecule has 3 rings (SSSR count). The maximum atomic E-state index is 11.5.